The number of aliphatic imine (C=N–C) groups is 1. The average Bonchev–Trinajstić information content (AvgIpc) is 3.03. The van der Waals surface area contributed by atoms with Gasteiger partial charge < -0.3 is 0 Å². The van der Waals surface area contributed by atoms with Crippen LogP contribution in [0.1, 0.15) is 11.1 Å². The Labute approximate surface area is 157 Å². The Hall–Kier alpha value is -2.85. The second kappa shape index (κ2) is 6.81. The Balaban J connectivity index is 1.96. The van der Waals surface area contributed by atoms with Crippen LogP contribution < -0.4 is 4.90 Å². The van der Waals surface area contributed by atoms with E-state index in [0.29, 0.717) is 5.84 Å². The quantitative estimate of drug-likeness (QED) is 0.704. The van der Waals surface area contributed by atoms with E-state index in [0.717, 1.165) is 22.0 Å². The van der Waals surface area contributed by atoms with Crippen LogP contribution in [0.4, 0.5) is 5.69 Å². The van der Waals surface area contributed by atoms with E-state index in [4.69, 9.17) is 10.4 Å². The fraction of sp³-hybridized carbons (Fsp3) is 0.0909. The van der Waals surface area contributed by atoms with Gasteiger partial charge in [0.25, 0.3) is 0 Å². The molecule has 1 aliphatic heterocycles. The molecule has 0 saturated carbocycles. The molecular weight excluding hydrogens is 338 g/mol. The minimum atomic E-state index is -0.837. The lowest BCUT2D eigenvalue weighted by Gasteiger charge is -2.30. The Morgan fingerprint density at radius 2 is 1.23 bits per heavy atom. The van der Waals surface area contributed by atoms with Crippen molar-refractivity contribution in [3.05, 3.63) is 102 Å². The van der Waals surface area contributed by atoms with E-state index >= 15 is 0 Å². The van der Waals surface area contributed by atoms with Gasteiger partial charge in [0.15, 0.2) is 10.7 Å². The summed E-state index contributed by atoms with van der Waals surface area (Å²) in [5.74, 6) is 0.449. The molecule has 0 saturated heterocycles. The first-order chi connectivity index (χ1) is 12.8. The van der Waals surface area contributed by atoms with Crippen LogP contribution in [0.25, 0.3) is 0 Å². The van der Waals surface area contributed by atoms with Gasteiger partial charge in [0.05, 0.1) is 0 Å². The smallest absolute Gasteiger partial charge is 0.171 e. The van der Waals surface area contributed by atoms with Crippen LogP contribution in [0.3, 0.4) is 0 Å². The lowest BCUT2D eigenvalue weighted by molar-refractivity contribution is 0.740. The highest BCUT2D eigenvalue weighted by molar-refractivity contribution is 8.13. The number of hydrogen-bond donors (Lipinski definition) is 1. The maximum absolute atomic E-state index is 9.16. The summed E-state index contributed by atoms with van der Waals surface area (Å²) in [5, 5.41) is 9.98. The summed E-state index contributed by atoms with van der Waals surface area (Å²) in [4.78, 5) is 7.05. The molecule has 128 valence electrons. The van der Waals surface area contributed by atoms with Crippen molar-refractivity contribution in [1.82, 2.24) is 0 Å². The normalized spacial score (nSPS) is 15.8. The third kappa shape index (κ3) is 2.54. The summed E-state index contributed by atoms with van der Waals surface area (Å²) < 4.78 is 0. The monoisotopic (exact) mass is 357 g/mol. The van der Waals surface area contributed by atoms with Gasteiger partial charge in [-0.3, -0.25) is 10.3 Å². The van der Waals surface area contributed by atoms with Crippen LogP contribution >= 0.6 is 11.8 Å². The SMILES string of the molecule is CSC1=NC(c2ccccc2)(c2ccccc2)C(=N)N1c1ccccc1. The molecule has 0 unspecified atom stereocenters. The lowest BCUT2D eigenvalue weighted by Crippen LogP contribution is -2.41. The molecule has 4 rings (SSSR count). The number of anilines is 1. The Bertz CT molecular complexity index is 897. The third-order valence-corrected chi connectivity index (χ3v) is 5.24. The highest BCUT2D eigenvalue weighted by Crippen LogP contribution is 2.43. The average molecular weight is 357 g/mol. The second-order valence-corrected chi connectivity index (χ2v) is 6.83. The number of benzene rings is 3. The van der Waals surface area contributed by atoms with Gasteiger partial charge in [0.2, 0.25) is 0 Å². The van der Waals surface area contributed by atoms with Crippen molar-refractivity contribution >= 4 is 28.5 Å². The predicted molar refractivity (Wildman–Crippen MR) is 111 cm³/mol. The van der Waals surface area contributed by atoms with Crippen LogP contribution in [0.15, 0.2) is 96.0 Å². The van der Waals surface area contributed by atoms with Gasteiger partial charge >= 0.3 is 0 Å². The van der Waals surface area contributed by atoms with Crippen molar-refractivity contribution in [1.29, 1.82) is 5.41 Å². The molecule has 4 heteroatoms. The first-order valence-corrected chi connectivity index (χ1v) is 9.69. The summed E-state index contributed by atoms with van der Waals surface area (Å²) in [5.41, 5.74) is 2.12. The van der Waals surface area contributed by atoms with Crippen molar-refractivity contribution in [3.63, 3.8) is 0 Å². The van der Waals surface area contributed by atoms with Crippen molar-refractivity contribution in [2.75, 3.05) is 11.2 Å². The van der Waals surface area contributed by atoms with Crippen molar-refractivity contribution in [3.8, 4) is 0 Å². The highest BCUT2D eigenvalue weighted by Gasteiger charge is 2.48. The predicted octanol–water partition coefficient (Wildman–Crippen LogP) is 5.15. The standard InChI is InChI=1S/C22H19N3S/c1-26-21-24-22(17-11-5-2-6-12-17,18-13-7-3-8-14-18)20(23)25(21)19-15-9-4-10-16-19/h2-16,23H,1H3. The van der Waals surface area contributed by atoms with Crippen molar-refractivity contribution in [2.45, 2.75) is 5.54 Å². The minimum Gasteiger partial charge on any atom is -0.285 e. The molecule has 0 fully saturated rings. The van der Waals surface area contributed by atoms with Crippen LogP contribution in [0.5, 0.6) is 0 Å². The highest BCUT2D eigenvalue weighted by atomic mass is 32.2. The summed E-state index contributed by atoms with van der Waals surface area (Å²) in [6, 6.07) is 30.2. The molecule has 3 aromatic carbocycles. The van der Waals surface area contributed by atoms with Crippen LogP contribution in [0.2, 0.25) is 0 Å². The van der Waals surface area contributed by atoms with E-state index in [-0.39, 0.29) is 0 Å². The van der Waals surface area contributed by atoms with Gasteiger partial charge in [-0.2, -0.15) is 0 Å². The first-order valence-electron chi connectivity index (χ1n) is 8.46. The molecule has 3 nitrogen and oxygen atoms in total. The molecule has 1 heterocycles. The van der Waals surface area contributed by atoms with Crippen LogP contribution in [-0.2, 0) is 5.54 Å². The van der Waals surface area contributed by atoms with E-state index in [2.05, 4.69) is 24.3 Å². The number of amidine groups is 2. The Morgan fingerprint density at radius 3 is 1.69 bits per heavy atom. The lowest BCUT2D eigenvalue weighted by atomic mass is 9.82. The molecule has 0 aliphatic carbocycles. The number of rotatable bonds is 3. The van der Waals surface area contributed by atoms with Gasteiger partial charge in [-0.25, -0.2) is 4.99 Å². The van der Waals surface area contributed by atoms with Crippen LogP contribution in [-0.4, -0.2) is 17.3 Å². The Kier molecular flexibility index (Phi) is 4.35. The largest absolute Gasteiger partial charge is 0.285 e. The maximum Gasteiger partial charge on any atom is 0.171 e. The van der Waals surface area contributed by atoms with E-state index in [1.807, 2.05) is 77.9 Å². The number of para-hydroxylation sites is 1. The second-order valence-electron chi connectivity index (χ2n) is 6.06. The molecule has 0 atom stereocenters. The molecular formula is C22H19N3S. The van der Waals surface area contributed by atoms with Crippen molar-refractivity contribution < 1.29 is 0 Å². The summed E-state index contributed by atoms with van der Waals surface area (Å²) in [6.07, 6.45) is 2.01. The molecule has 3 aromatic rings. The van der Waals surface area contributed by atoms with E-state index in [9.17, 15) is 0 Å². The molecule has 0 spiro atoms. The number of hydrogen-bond acceptors (Lipinski definition) is 3. The Morgan fingerprint density at radius 1 is 0.769 bits per heavy atom. The van der Waals surface area contributed by atoms with Gasteiger partial charge in [-0.15, -0.1) is 0 Å². The summed E-state index contributed by atoms with van der Waals surface area (Å²) in [6.45, 7) is 0. The molecule has 26 heavy (non-hydrogen) atoms. The molecule has 0 amide bonds. The topological polar surface area (TPSA) is 39.5 Å². The zero-order valence-corrected chi connectivity index (χ0v) is 15.3. The minimum absolute atomic E-state index is 0.449. The molecule has 0 bridgehead atoms. The van der Waals surface area contributed by atoms with Crippen LogP contribution in [0, 0.1) is 5.41 Å². The first kappa shape index (κ1) is 16.6. The van der Waals surface area contributed by atoms with E-state index < -0.39 is 5.54 Å². The van der Waals surface area contributed by atoms with E-state index in [1.165, 1.54) is 0 Å². The maximum atomic E-state index is 9.16. The zero-order valence-electron chi connectivity index (χ0n) is 14.5. The summed E-state index contributed by atoms with van der Waals surface area (Å²) in [7, 11) is 0. The molecule has 0 aromatic heterocycles. The summed E-state index contributed by atoms with van der Waals surface area (Å²) >= 11 is 1.57. The van der Waals surface area contributed by atoms with Gasteiger partial charge in [0, 0.05) is 5.69 Å². The third-order valence-electron chi connectivity index (χ3n) is 4.60. The molecule has 0 radical (unpaired) electrons. The fourth-order valence-electron chi connectivity index (χ4n) is 3.39. The van der Waals surface area contributed by atoms with Gasteiger partial charge in [-0.1, -0.05) is 90.6 Å². The zero-order chi connectivity index (χ0) is 18.0. The fourth-order valence-corrected chi connectivity index (χ4v) is 3.99. The van der Waals surface area contributed by atoms with Gasteiger partial charge in [0.1, 0.15) is 5.84 Å². The number of thioether (sulfide) groups is 1. The molecule has 1 aliphatic rings. The van der Waals surface area contributed by atoms with Crippen molar-refractivity contribution in [2.24, 2.45) is 4.99 Å². The number of nitrogens with zero attached hydrogens (tertiary/aromatic N) is 2. The van der Waals surface area contributed by atoms with E-state index in [1.54, 1.807) is 11.8 Å². The number of nitrogens with one attached hydrogen (secondary N) is 1. The molecule has 1 N–H and O–H groups in total. The van der Waals surface area contributed by atoms with Gasteiger partial charge in [-0.05, 0) is 29.5 Å².